The van der Waals surface area contributed by atoms with E-state index in [2.05, 4.69) is 16.5 Å². The van der Waals surface area contributed by atoms with E-state index in [4.69, 9.17) is 5.73 Å². The molecule has 21 heavy (non-hydrogen) atoms. The van der Waals surface area contributed by atoms with Gasteiger partial charge in [0.2, 0.25) is 5.91 Å². The molecule has 3 N–H and O–H groups in total. The summed E-state index contributed by atoms with van der Waals surface area (Å²) in [7, 11) is 1.98. The maximum Gasteiger partial charge on any atom is 0.251 e. The highest BCUT2D eigenvalue weighted by Gasteiger charge is 2.27. The van der Waals surface area contributed by atoms with Crippen molar-refractivity contribution in [3.63, 3.8) is 0 Å². The lowest BCUT2D eigenvalue weighted by atomic mass is 10.2. The van der Waals surface area contributed by atoms with Crippen molar-refractivity contribution >= 4 is 39.9 Å². The zero-order valence-electron chi connectivity index (χ0n) is 12.3. The summed E-state index contributed by atoms with van der Waals surface area (Å²) in [6.45, 7) is 0.335. The molecule has 116 valence electrons. The molecule has 2 amide bonds. The summed E-state index contributed by atoms with van der Waals surface area (Å²) in [6.07, 6.45) is 5.63. The van der Waals surface area contributed by atoms with Crippen LogP contribution in [0, 0.1) is 0 Å². The van der Waals surface area contributed by atoms with Gasteiger partial charge < -0.3 is 11.1 Å². The lowest BCUT2D eigenvalue weighted by molar-refractivity contribution is -0.117. The fourth-order valence-electron chi connectivity index (χ4n) is 2.65. The Labute approximate surface area is 133 Å². The van der Waals surface area contributed by atoms with Crippen LogP contribution in [-0.4, -0.2) is 47.9 Å². The van der Waals surface area contributed by atoms with Crippen LogP contribution in [0.5, 0.6) is 0 Å². The van der Waals surface area contributed by atoms with Gasteiger partial charge in [0.05, 0.1) is 12.1 Å². The first kappa shape index (κ1) is 16.3. The second-order valence-corrected chi connectivity index (χ2v) is 7.37. The smallest absolute Gasteiger partial charge is 0.251 e. The van der Waals surface area contributed by atoms with E-state index in [1.807, 2.05) is 18.8 Å². The normalized spacial score (nSPS) is 21.7. The Morgan fingerprint density at radius 3 is 2.90 bits per heavy atom. The van der Waals surface area contributed by atoms with Crippen LogP contribution >= 0.6 is 23.1 Å². The molecule has 0 bridgehead atoms. The van der Waals surface area contributed by atoms with E-state index in [0.29, 0.717) is 28.4 Å². The summed E-state index contributed by atoms with van der Waals surface area (Å²) < 4.78 is 0. The molecule has 1 aromatic heterocycles. The van der Waals surface area contributed by atoms with E-state index in [9.17, 15) is 9.59 Å². The Morgan fingerprint density at radius 1 is 1.52 bits per heavy atom. The average Bonchev–Trinajstić information content (AvgIpc) is 3.06. The monoisotopic (exact) mass is 327 g/mol. The van der Waals surface area contributed by atoms with Crippen LogP contribution in [-0.2, 0) is 4.79 Å². The second-order valence-electron chi connectivity index (χ2n) is 5.32. The van der Waals surface area contributed by atoms with Crippen molar-refractivity contribution < 1.29 is 9.59 Å². The van der Waals surface area contributed by atoms with E-state index in [1.54, 1.807) is 11.4 Å². The van der Waals surface area contributed by atoms with Crippen LogP contribution in [0.3, 0.4) is 0 Å². The van der Waals surface area contributed by atoms with Crippen molar-refractivity contribution in [1.29, 1.82) is 0 Å². The van der Waals surface area contributed by atoms with Crippen molar-refractivity contribution in [1.82, 2.24) is 4.90 Å². The minimum atomic E-state index is -0.515. The number of likely N-dealkylation sites (N-methyl/N-ethyl adjacent to an activating group) is 1. The van der Waals surface area contributed by atoms with Gasteiger partial charge in [0.25, 0.3) is 5.91 Å². The lowest BCUT2D eigenvalue weighted by Crippen LogP contribution is -2.37. The number of rotatable bonds is 6. The van der Waals surface area contributed by atoms with E-state index >= 15 is 0 Å². The van der Waals surface area contributed by atoms with Crippen molar-refractivity contribution in [3.05, 3.63) is 17.0 Å². The third-order valence-corrected chi connectivity index (χ3v) is 5.81. The number of amides is 2. The predicted octanol–water partition coefficient (Wildman–Crippen LogP) is 2.00. The fraction of sp³-hybridized carbons (Fsp3) is 0.571. The molecule has 0 aliphatic heterocycles. The highest BCUT2D eigenvalue weighted by Crippen LogP contribution is 2.30. The third-order valence-electron chi connectivity index (χ3n) is 3.89. The average molecular weight is 327 g/mol. The molecule has 0 spiro atoms. The maximum absolute atomic E-state index is 12.1. The zero-order chi connectivity index (χ0) is 15.4. The molecule has 1 saturated carbocycles. The molecule has 2 rings (SSSR count). The van der Waals surface area contributed by atoms with Gasteiger partial charge in [0, 0.05) is 11.3 Å². The van der Waals surface area contributed by atoms with Gasteiger partial charge >= 0.3 is 0 Å². The van der Waals surface area contributed by atoms with E-state index in [0.717, 1.165) is 12.8 Å². The van der Waals surface area contributed by atoms with Crippen molar-refractivity contribution in [2.24, 2.45) is 5.73 Å². The second kappa shape index (κ2) is 7.29. The van der Waals surface area contributed by atoms with Crippen LogP contribution in [0.4, 0.5) is 5.00 Å². The fourth-order valence-corrected chi connectivity index (χ4v) is 4.25. The number of hydrogen-bond acceptors (Lipinski definition) is 5. The zero-order valence-corrected chi connectivity index (χ0v) is 13.9. The number of carbonyl (C=O) groups is 2. The van der Waals surface area contributed by atoms with Gasteiger partial charge in [0.1, 0.15) is 5.00 Å². The van der Waals surface area contributed by atoms with E-state index < -0.39 is 5.91 Å². The predicted molar refractivity (Wildman–Crippen MR) is 89.0 cm³/mol. The van der Waals surface area contributed by atoms with Crippen molar-refractivity contribution in [3.8, 4) is 0 Å². The summed E-state index contributed by atoms with van der Waals surface area (Å²) >= 11 is 3.22. The molecule has 0 saturated heterocycles. The number of nitrogens with two attached hydrogens (primary N) is 1. The quantitative estimate of drug-likeness (QED) is 0.838. The largest absolute Gasteiger partial charge is 0.366 e. The summed E-state index contributed by atoms with van der Waals surface area (Å²) in [5.74, 6) is -0.617. The highest BCUT2D eigenvalue weighted by molar-refractivity contribution is 7.99. The van der Waals surface area contributed by atoms with Gasteiger partial charge in [-0.2, -0.15) is 11.8 Å². The molecule has 1 aromatic rings. The highest BCUT2D eigenvalue weighted by atomic mass is 32.2. The van der Waals surface area contributed by atoms with Gasteiger partial charge in [-0.05, 0) is 44.0 Å². The molecule has 1 aliphatic rings. The molecular weight excluding hydrogens is 306 g/mol. The Balaban J connectivity index is 1.87. The number of thioether (sulfide) groups is 1. The minimum Gasteiger partial charge on any atom is -0.366 e. The first-order valence-corrected chi connectivity index (χ1v) is 9.08. The molecule has 1 heterocycles. The van der Waals surface area contributed by atoms with E-state index in [-0.39, 0.29) is 5.91 Å². The topological polar surface area (TPSA) is 75.4 Å². The summed E-state index contributed by atoms with van der Waals surface area (Å²) in [4.78, 5) is 25.4. The van der Waals surface area contributed by atoms with Gasteiger partial charge in [-0.3, -0.25) is 14.5 Å². The number of thiophene rings is 1. The Kier molecular flexibility index (Phi) is 5.66. The van der Waals surface area contributed by atoms with Crippen LogP contribution in [0.1, 0.15) is 29.6 Å². The number of nitrogens with one attached hydrogen (secondary N) is 1. The Morgan fingerprint density at radius 2 is 2.29 bits per heavy atom. The Hall–Kier alpha value is -1.05. The molecule has 5 nitrogen and oxygen atoms in total. The number of primary amides is 1. The molecule has 1 fully saturated rings. The number of nitrogens with zero attached hydrogens (tertiary/aromatic N) is 1. The lowest BCUT2D eigenvalue weighted by Gasteiger charge is -2.23. The first-order valence-electron chi connectivity index (χ1n) is 6.91. The van der Waals surface area contributed by atoms with Gasteiger partial charge in [-0.15, -0.1) is 11.3 Å². The van der Waals surface area contributed by atoms with E-state index in [1.165, 1.54) is 17.8 Å². The third kappa shape index (κ3) is 4.21. The maximum atomic E-state index is 12.1. The molecule has 0 aromatic carbocycles. The van der Waals surface area contributed by atoms with Crippen LogP contribution in [0.2, 0.25) is 0 Å². The van der Waals surface area contributed by atoms with Crippen LogP contribution < -0.4 is 11.1 Å². The minimum absolute atomic E-state index is 0.102. The SMILES string of the molecule is CS[C@H]1CC[C@@H](N(C)CC(=O)Nc2sccc2C(N)=O)C1. The first-order chi connectivity index (χ1) is 10.0. The number of carbonyl (C=O) groups excluding carboxylic acids is 2. The molecule has 7 heteroatoms. The van der Waals surface area contributed by atoms with Crippen molar-refractivity contribution in [2.45, 2.75) is 30.6 Å². The van der Waals surface area contributed by atoms with Gasteiger partial charge in [-0.25, -0.2) is 0 Å². The number of anilines is 1. The summed E-state index contributed by atoms with van der Waals surface area (Å²) in [6, 6.07) is 2.10. The number of hydrogen-bond donors (Lipinski definition) is 2. The van der Waals surface area contributed by atoms with Crippen LogP contribution in [0.25, 0.3) is 0 Å². The van der Waals surface area contributed by atoms with Crippen LogP contribution in [0.15, 0.2) is 11.4 Å². The molecule has 1 aliphatic carbocycles. The Bertz CT molecular complexity index is 518. The molecule has 0 radical (unpaired) electrons. The summed E-state index contributed by atoms with van der Waals surface area (Å²) in [5.41, 5.74) is 5.64. The van der Waals surface area contributed by atoms with Gasteiger partial charge in [-0.1, -0.05) is 0 Å². The van der Waals surface area contributed by atoms with Crippen molar-refractivity contribution in [2.75, 3.05) is 25.2 Å². The molecule has 0 unspecified atom stereocenters. The standard InChI is InChI=1S/C14H21N3O2S2/c1-17(9-3-4-10(7-9)20-2)8-12(18)16-14-11(13(15)19)5-6-21-14/h5-6,9-10H,3-4,7-8H2,1-2H3,(H2,15,19)(H,16,18)/t9-,10+/m1/s1. The van der Waals surface area contributed by atoms with Gasteiger partial charge in [0.15, 0.2) is 0 Å². The molecular formula is C14H21N3O2S2. The molecule has 2 atom stereocenters. The summed E-state index contributed by atoms with van der Waals surface area (Å²) in [5, 5.41) is 5.78.